The Bertz CT molecular complexity index is 1270. The van der Waals surface area contributed by atoms with Crippen LogP contribution in [0.25, 0.3) is 0 Å². The Balaban J connectivity index is 1.88. The van der Waals surface area contributed by atoms with Crippen molar-refractivity contribution in [3.05, 3.63) is 53.9 Å². The number of carbonyl (C=O) groups is 4. The summed E-state index contributed by atoms with van der Waals surface area (Å²) >= 11 is 0. The summed E-state index contributed by atoms with van der Waals surface area (Å²) < 4.78 is 22.2. The molecule has 0 spiro atoms. The highest BCUT2D eigenvalue weighted by atomic mass is 16.6. The Morgan fingerprint density at radius 1 is 1.12 bits per heavy atom. The number of rotatable bonds is 12. The third-order valence-corrected chi connectivity index (χ3v) is 7.28. The molecule has 3 N–H and O–H groups in total. The van der Waals surface area contributed by atoms with Crippen LogP contribution in [0.2, 0.25) is 0 Å². The summed E-state index contributed by atoms with van der Waals surface area (Å²) in [6.45, 7) is 6.37. The largest absolute Gasteiger partial charge is 0.493 e. The quantitative estimate of drug-likeness (QED) is 0.242. The monoisotopic (exact) mass is 600 g/mol. The summed E-state index contributed by atoms with van der Waals surface area (Å²) in [6.07, 6.45) is -0.264. The SMILES string of the molecule is COc1ccnc(C(=O)N[C@H]2COC(=O)[C@H](Cc3ccccc3)[C@@H](CC(C)C(=O)O)[C@H](C)OC2=O)c1OC(O)CC(C)C. The molecular weight excluding hydrogens is 560 g/mol. The fourth-order valence-corrected chi connectivity index (χ4v) is 4.94. The minimum Gasteiger partial charge on any atom is -0.493 e. The number of methoxy groups -OCH3 is 1. The summed E-state index contributed by atoms with van der Waals surface area (Å²) in [6, 6.07) is 9.22. The van der Waals surface area contributed by atoms with Crippen LogP contribution in [0.5, 0.6) is 11.5 Å². The van der Waals surface area contributed by atoms with E-state index in [2.05, 4.69) is 10.3 Å². The Morgan fingerprint density at radius 2 is 1.81 bits per heavy atom. The number of amides is 1. The molecule has 0 radical (unpaired) electrons. The van der Waals surface area contributed by atoms with Crippen molar-refractivity contribution < 1.29 is 48.3 Å². The van der Waals surface area contributed by atoms with Gasteiger partial charge in [0.2, 0.25) is 0 Å². The number of aliphatic hydroxyl groups is 1. The number of pyridine rings is 1. The van der Waals surface area contributed by atoms with Crippen LogP contribution >= 0.6 is 0 Å². The number of carbonyl (C=O) groups excluding carboxylic acids is 3. The van der Waals surface area contributed by atoms with E-state index in [0.717, 1.165) is 5.56 Å². The van der Waals surface area contributed by atoms with Gasteiger partial charge in [-0.05, 0) is 31.2 Å². The van der Waals surface area contributed by atoms with Crippen LogP contribution < -0.4 is 14.8 Å². The third kappa shape index (κ3) is 9.15. The van der Waals surface area contributed by atoms with Crippen molar-refractivity contribution in [1.82, 2.24) is 10.3 Å². The van der Waals surface area contributed by atoms with Gasteiger partial charge in [-0.1, -0.05) is 51.1 Å². The maximum atomic E-state index is 13.5. The number of carboxylic acids is 1. The van der Waals surface area contributed by atoms with Gasteiger partial charge in [-0.3, -0.25) is 14.4 Å². The van der Waals surface area contributed by atoms with Crippen LogP contribution in [-0.4, -0.2) is 71.2 Å². The van der Waals surface area contributed by atoms with Crippen molar-refractivity contribution in [2.24, 2.45) is 23.7 Å². The molecule has 2 heterocycles. The molecule has 1 aromatic carbocycles. The van der Waals surface area contributed by atoms with Gasteiger partial charge in [0.1, 0.15) is 12.7 Å². The molecule has 1 aliphatic rings. The molecule has 0 bridgehead atoms. The summed E-state index contributed by atoms with van der Waals surface area (Å²) in [4.78, 5) is 55.9. The summed E-state index contributed by atoms with van der Waals surface area (Å²) in [7, 11) is 1.36. The van der Waals surface area contributed by atoms with Gasteiger partial charge < -0.3 is 34.5 Å². The number of aliphatic carboxylic acids is 1. The van der Waals surface area contributed by atoms with E-state index in [1.54, 1.807) is 6.92 Å². The molecular formula is C31H40N2O10. The lowest BCUT2D eigenvalue weighted by Crippen LogP contribution is -2.46. The fourth-order valence-electron chi connectivity index (χ4n) is 4.94. The fraction of sp³-hybridized carbons (Fsp3) is 0.516. The second-order valence-electron chi connectivity index (χ2n) is 11.1. The normalized spacial score (nSPS) is 22.2. The van der Waals surface area contributed by atoms with E-state index < -0.39 is 66.6 Å². The molecule has 43 heavy (non-hydrogen) atoms. The molecule has 2 aromatic rings. The van der Waals surface area contributed by atoms with Gasteiger partial charge in [0.15, 0.2) is 29.5 Å². The minimum absolute atomic E-state index is 0.0561. The Hall–Kier alpha value is -4.19. The van der Waals surface area contributed by atoms with Crippen molar-refractivity contribution in [3.63, 3.8) is 0 Å². The highest BCUT2D eigenvalue weighted by Gasteiger charge is 2.41. The number of nitrogens with one attached hydrogen (secondary N) is 1. The molecule has 234 valence electrons. The highest BCUT2D eigenvalue weighted by Crippen LogP contribution is 2.33. The molecule has 1 aromatic heterocycles. The van der Waals surface area contributed by atoms with Gasteiger partial charge in [-0.15, -0.1) is 0 Å². The van der Waals surface area contributed by atoms with Crippen molar-refractivity contribution in [3.8, 4) is 11.5 Å². The number of benzene rings is 1. The zero-order valence-corrected chi connectivity index (χ0v) is 25.0. The Labute approximate surface area is 250 Å². The molecule has 1 amide bonds. The molecule has 12 heteroatoms. The van der Waals surface area contributed by atoms with Gasteiger partial charge in [-0.2, -0.15) is 0 Å². The van der Waals surface area contributed by atoms with E-state index in [0.29, 0.717) is 0 Å². The van der Waals surface area contributed by atoms with Crippen molar-refractivity contribution in [2.45, 2.75) is 65.4 Å². The molecule has 1 aliphatic heterocycles. The van der Waals surface area contributed by atoms with Gasteiger partial charge in [-0.25, -0.2) is 9.78 Å². The maximum Gasteiger partial charge on any atom is 0.332 e. The van der Waals surface area contributed by atoms with Crippen LogP contribution in [-0.2, 0) is 30.3 Å². The van der Waals surface area contributed by atoms with Gasteiger partial charge in [0.25, 0.3) is 5.91 Å². The van der Waals surface area contributed by atoms with Crippen LogP contribution in [0.1, 0.15) is 56.6 Å². The standard InChI is InChI=1S/C31H40N2O10/c1-17(2)13-25(34)43-27-24(40-5)11-12-32-26(27)28(35)33-23-16-41-30(38)22(15-20-9-7-6-8-10-20)21(14-18(3)29(36)37)19(4)42-31(23)39/h6-12,17-19,21-23,25,34H,13-16H2,1-5H3,(H,33,35)(H,36,37)/t18?,19-,21-,22+,23-,25?/m0/s1. The van der Waals surface area contributed by atoms with E-state index >= 15 is 0 Å². The number of ether oxygens (including phenoxy) is 4. The Morgan fingerprint density at radius 3 is 2.44 bits per heavy atom. The predicted molar refractivity (Wildman–Crippen MR) is 153 cm³/mol. The van der Waals surface area contributed by atoms with Crippen molar-refractivity contribution >= 4 is 23.8 Å². The van der Waals surface area contributed by atoms with E-state index in [9.17, 15) is 29.4 Å². The lowest BCUT2D eigenvalue weighted by molar-refractivity contribution is -0.155. The van der Waals surface area contributed by atoms with Crippen molar-refractivity contribution in [1.29, 1.82) is 0 Å². The smallest absolute Gasteiger partial charge is 0.332 e. The van der Waals surface area contributed by atoms with Crippen LogP contribution in [0.15, 0.2) is 42.6 Å². The number of esters is 2. The maximum absolute atomic E-state index is 13.5. The van der Waals surface area contributed by atoms with E-state index in [1.807, 2.05) is 44.2 Å². The number of aliphatic hydroxyl groups excluding tert-OH is 1. The molecule has 2 unspecified atom stereocenters. The molecule has 0 saturated carbocycles. The molecule has 3 rings (SSSR count). The number of hydrogen-bond acceptors (Lipinski definition) is 10. The second kappa shape index (κ2) is 15.3. The number of nitrogens with zero attached hydrogens (tertiary/aromatic N) is 1. The summed E-state index contributed by atoms with van der Waals surface area (Å²) in [5.74, 6) is -5.62. The zero-order valence-electron chi connectivity index (χ0n) is 25.0. The number of carboxylic acid groups (broad SMARTS) is 1. The van der Waals surface area contributed by atoms with E-state index in [4.69, 9.17) is 18.9 Å². The second-order valence-corrected chi connectivity index (χ2v) is 11.1. The highest BCUT2D eigenvalue weighted by molar-refractivity contribution is 5.98. The molecule has 0 aliphatic carbocycles. The van der Waals surface area contributed by atoms with E-state index in [1.165, 1.54) is 26.3 Å². The predicted octanol–water partition coefficient (Wildman–Crippen LogP) is 3.01. The minimum atomic E-state index is -1.41. The number of cyclic esters (lactones) is 2. The third-order valence-electron chi connectivity index (χ3n) is 7.28. The summed E-state index contributed by atoms with van der Waals surface area (Å²) in [5, 5.41) is 22.4. The zero-order chi connectivity index (χ0) is 31.7. The lowest BCUT2D eigenvalue weighted by atomic mass is 9.78. The molecule has 12 nitrogen and oxygen atoms in total. The first kappa shape index (κ1) is 33.3. The first-order chi connectivity index (χ1) is 20.4. The number of hydrogen-bond donors (Lipinski definition) is 3. The first-order valence-corrected chi connectivity index (χ1v) is 14.2. The van der Waals surface area contributed by atoms with Crippen molar-refractivity contribution in [2.75, 3.05) is 13.7 Å². The van der Waals surface area contributed by atoms with Gasteiger partial charge in [0.05, 0.1) is 18.9 Å². The van der Waals surface area contributed by atoms with Crippen LogP contribution in [0.4, 0.5) is 0 Å². The van der Waals surface area contributed by atoms with Gasteiger partial charge in [0, 0.05) is 24.6 Å². The summed E-state index contributed by atoms with van der Waals surface area (Å²) in [5.41, 5.74) is 0.570. The molecule has 6 atom stereocenters. The molecule has 1 fully saturated rings. The van der Waals surface area contributed by atoms with Crippen LogP contribution in [0.3, 0.4) is 0 Å². The average Bonchev–Trinajstić information content (AvgIpc) is 2.99. The van der Waals surface area contributed by atoms with Gasteiger partial charge >= 0.3 is 17.9 Å². The first-order valence-electron chi connectivity index (χ1n) is 14.2. The van der Waals surface area contributed by atoms with Crippen LogP contribution in [0, 0.1) is 23.7 Å². The van der Waals surface area contributed by atoms with E-state index in [-0.39, 0.29) is 42.4 Å². The average molecular weight is 601 g/mol. The topological polar surface area (TPSA) is 171 Å². The Kier molecular flexibility index (Phi) is 11.9. The molecule has 1 saturated heterocycles. The lowest BCUT2D eigenvalue weighted by Gasteiger charge is -2.30. The number of aromatic nitrogens is 1.